The summed E-state index contributed by atoms with van der Waals surface area (Å²) in [6.07, 6.45) is 3.52. The Morgan fingerprint density at radius 1 is 1.41 bits per heavy atom. The molecule has 0 fully saturated rings. The third-order valence-corrected chi connectivity index (χ3v) is 2.72. The van der Waals surface area contributed by atoms with Crippen LogP contribution in [0, 0.1) is 0 Å². The van der Waals surface area contributed by atoms with Crippen LogP contribution < -0.4 is 0 Å². The van der Waals surface area contributed by atoms with E-state index in [0.29, 0.717) is 6.61 Å². The molecule has 0 saturated heterocycles. The number of aromatic nitrogens is 1. The van der Waals surface area contributed by atoms with E-state index in [-0.39, 0.29) is 12.0 Å². The Labute approximate surface area is 103 Å². The molecule has 0 saturated carbocycles. The minimum Gasteiger partial charge on any atom is -0.465 e. The summed E-state index contributed by atoms with van der Waals surface area (Å²) in [5.41, 5.74) is 1.15. The second-order valence-electron chi connectivity index (χ2n) is 3.85. The van der Waals surface area contributed by atoms with Crippen molar-refractivity contribution in [3.8, 4) is 0 Å². The first-order valence-corrected chi connectivity index (χ1v) is 5.98. The predicted molar refractivity (Wildman–Crippen MR) is 66.4 cm³/mol. The summed E-state index contributed by atoms with van der Waals surface area (Å²) in [7, 11) is 0. The van der Waals surface area contributed by atoms with Crippen LogP contribution >= 0.6 is 0 Å². The maximum Gasteiger partial charge on any atom is 0.323 e. The van der Waals surface area contributed by atoms with E-state index in [1.165, 1.54) is 0 Å². The summed E-state index contributed by atoms with van der Waals surface area (Å²) in [5.74, 6) is -0.164. The minimum absolute atomic E-state index is 0.164. The fourth-order valence-electron chi connectivity index (χ4n) is 1.66. The van der Waals surface area contributed by atoms with Gasteiger partial charge in [0.15, 0.2) is 0 Å². The number of rotatable bonds is 6. The first kappa shape index (κ1) is 13.6. The summed E-state index contributed by atoms with van der Waals surface area (Å²) in [5, 5.41) is 0. The Kier molecular flexibility index (Phi) is 5.63. The molecule has 0 aromatic carbocycles. The van der Waals surface area contributed by atoms with Crippen LogP contribution in [0.2, 0.25) is 0 Å². The monoisotopic (exact) mass is 236 g/mol. The van der Waals surface area contributed by atoms with Gasteiger partial charge >= 0.3 is 5.97 Å². The van der Waals surface area contributed by atoms with Gasteiger partial charge in [0.1, 0.15) is 6.04 Å². The summed E-state index contributed by atoms with van der Waals surface area (Å²) in [6.45, 7) is 7.71. The number of nitrogens with zero attached hydrogens (tertiary/aromatic N) is 2. The minimum atomic E-state index is -0.215. The first-order valence-electron chi connectivity index (χ1n) is 5.98. The molecule has 0 aliphatic heterocycles. The fraction of sp³-hybridized carbons (Fsp3) is 0.538. The second kappa shape index (κ2) is 7.01. The molecule has 0 aliphatic carbocycles. The number of likely N-dealkylation sites (N-methyl/N-ethyl adjacent to an activating group) is 1. The molecule has 0 aliphatic rings. The smallest absolute Gasteiger partial charge is 0.323 e. The molecule has 17 heavy (non-hydrogen) atoms. The average molecular weight is 236 g/mol. The van der Waals surface area contributed by atoms with Gasteiger partial charge in [0.25, 0.3) is 0 Å². The van der Waals surface area contributed by atoms with E-state index in [0.717, 1.165) is 18.7 Å². The lowest BCUT2D eigenvalue weighted by atomic mass is 10.2. The summed E-state index contributed by atoms with van der Waals surface area (Å²) in [4.78, 5) is 17.7. The van der Waals surface area contributed by atoms with E-state index in [1.54, 1.807) is 12.4 Å². The molecule has 1 atom stereocenters. The van der Waals surface area contributed by atoms with Crippen molar-refractivity contribution in [1.29, 1.82) is 0 Å². The number of hydrogen-bond donors (Lipinski definition) is 0. The molecule has 0 spiro atoms. The maximum absolute atomic E-state index is 11.7. The SMILES string of the molecule is CCOC(=O)C(C)N(CC)Cc1ccncc1. The zero-order valence-corrected chi connectivity index (χ0v) is 10.7. The molecular weight excluding hydrogens is 216 g/mol. The van der Waals surface area contributed by atoms with Crippen LogP contribution in [-0.4, -0.2) is 35.0 Å². The van der Waals surface area contributed by atoms with Crippen molar-refractivity contribution in [2.75, 3.05) is 13.2 Å². The van der Waals surface area contributed by atoms with Crippen molar-refractivity contribution < 1.29 is 9.53 Å². The topological polar surface area (TPSA) is 42.4 Å². The van der Waals surface area contributed by atoms with Gasteiger partial charge in [-0.3, -0.25) is 14.7 Å². The van der Waals surface area contributed by atoms with Gasteiger partial charge in [-0.1, -0.05) is 6.92 Å². The normalized spacial score (nSPS) is 12.5. The molecule has 4 nitrogen and oxygen atoms in total. The van der Waals surface area contributed by atoms with E-state index in [9.17, 15) is 4.79 Å². The Bertz CT molecular complexity index is 341. The molecule has 1 heterocycles. The van der Waals surface area contributed by atoms with E-state index in [1.807, 2.05) is 32.9 Å². The second-order valence-corrected chi connectivity index (χ2v) is 3.85. The van der Waals surface area contributed by atoms with E-state index in [2.05, 4.69) is 9.88 Å². The lowest BCUT2D eigenvalue weighted by molar-refractivity contribution is -0.149. The van der Waals surface area contributed by atoms with Gasteiger partial charge < -0.3 is 4.74 Å². The molecule has 1 aromatic heterocycles. The molecule has 1 aromatic rings. The first-order chi connectivity index (χ1) is 8.19. The van der Waals surface area contributed by atoms with Gasteiger partial charge in [-0.2, -0.15) is 0 Å². The van der Waals surface area contributed by atoms with Crippen molar-refractivity contribution in [3.63, 3.8) is 0 Å². The number of hydrogen-bond acceptors (Lipinski definition) is 4. The van der Waals surface area contributed by atoms with Crippen molar-refractivity contribution in [2.45, 2.75) is 33.4 Å². The van der Waals surface area contributed by atoms with E-state index < -0.39 is 0 Å². The standard InChI is InChI=1S/C13H20N2O2/c1-4-15(11(3)13(16)17-5-2)10-12-6-8-14-9-7-12/h6-9,11H,4-5,10H2,1-3H3. The molecule has 1 rings (SSSR count). The van der Waals surface area contributed by atoms with Crippen molar-refractivity contribution >= 4 is 5.97 Å². The van der Waals surface area contributed by atoms with Crippen LogP contribution in [0.15, 0.2) is 24.5 Å². The predicted octanol–water partition coefficient (Wildman–Crippen LogP) is 1.86. The van der Waals surface area contributed by atoms with Gasteiger partial charge in [-0.15, -0.1) is 0 Å². The number of carbonyl (C=O) groups excluding carboxylic acids is 1. The highest BCUT2D eigenvalue weighted by atomic mass is 16.5. The number of ether oxygens (including phenoxy) is 1. The lowest BCUT2D eigenvalue weighted by Crippen LogP contribution is -2.39. The number of carbonyl (C=O) groups is 1. The van der Waals surface area contributed by atoms with E-state index in [4.69, 9.17) is 4.74 Å². The third-order valence-electron chi connectivity index (χ3n) is 2.72. The summed E-state index contributed by atoms with van der Waals surface area (Å²) in [6, 6.07) is 3.70. The molecule has 0 amide bonds. The van der Waals surface area contributed by atoms with Gasteiger partial charge in [0.2, 0.25) is 0 Å². The molecule has 0 bridgehead atoms. The quantitative estimate of drug-likeness (QED) is 0.707. The van der Waals surface area contributed by atoms with Crippen LogP contribution in [0.4, 0.5) is 0 Å². The Hall–Kier alpha value is -1.42. The van der Waals surface area contributed by atoms with Gasteiger partial charge in [-0.25, -0.2) is 0 Å². The fourth-order valence-corrected chi connectivity index (χ4v) is 1.66. The Morgan fingerprint density at radius 2 is 2.06 bits per heavy atom. The zero-order chi connectivity index (χ0) is 12.7. The highest BCUT2D eigenvalue weighted by Crippen LogP contribution is 2.08. The van der Waals surface area contributed by atoms with E-state index >= 15 is 0 Å². The molecule has 4 heteroatoms. The van der Waals surface area contributed by atoms with Crippen LogP contribution in [0.1, 0.15) is 26.3 Å². The van der Waals surface area contributed by atoms with Crippen LogP contribution in [0.3, 0.4) is 0 Å². The summed E-state index contributed by atoms with van der Waals surface area (Å²) >= 11 is 0. The molecule has 0 radical (unpaired) electrons. The van der Waals surface area contributed by atoms with Gasteiger partial charge in [-0.05, 0) is 38.1 Å². The number of esters is 1. The molecular formula is C13H20N2O2. The largest absolute Gasteiger partial charge is 0.465 e. The Morgan fingerprint density at radius 3 is 2.59 bits per heavy atom. The van der Waals surface area contributed by atoms with Crippen molar-refractivity contribution in [3.05, 3.63) is 30.1 Å². The third kappa shape index (κ3) is 4.15. The van der Waals surface area contributed by atoms with Crippen LogP contribution in [0.5, 0.6) is 0 Å². The lowest BCUT2D eigenvalue weighted by Gasteiger charge is -2.26. The average Bonchev–Trinajstić information content (AvgIpc) is 2.36. The zero-order valence-electron chi connectivity index (χ0n) is 10.7. The van der Waals surface area contributed by atoms with Gasteiger partial charge in [0.05, 0.1) is 6.61 Å². The Balaban J connectivity index is 2.62. The van der Waals surface area contributed by atoms with Crippen molar-refractivity contribution in [1.82, 2.24) is 9.88 Å². The molecule has 94 valence electrons. The highest BCUT2D eigenvalue weighted by molar-refractivity contribution is 5.75. The van der Waals surface area contributed by atoms with Gasteiger partial charge in [0, 0.05) is 18.9 Å². The highest BCUT2D eigenvalue weighted by Gasteiger charge is 2.20. The molecule has 0 N–H and O–H groups in total. The summed E-state index contributed by atoms with van der Waals surface area (Å²) < 4.78 is 5.03. The van der Waals surface area contributed by atoms with Crippen LogP contribution in [0.25, 0.3) is 0 Å². The number of pyridine rings is 1. The molecule has 1 unspecified atom stereocenters. The van der Waals surface area contributed by atoms with Crippen LogP contribution in [-0.2, 0) is 16.1 Å². The van der Waals surface area contributed by atoms with Crippen molar-refractivity contribution in [2.24, 2.45) is 0 Å². The maximum atomic E-state index is 11.7.